The van der Waals surface area contributed by atoms with E-state index in [1.165, 1.54) is 12.8 Å². The second kappa shape index (κ2) is 10.2. The summed E-state index contributed by atoms with van der Waals surface area (Å²) in [6.07, 6.45) is 7.25. The molecule has 2 aromatic rings. The molecule has 0 bridgehead atoms. The highest BCUT2D eigenvalue weighted by molar-refractivity contribution is 7.16. The zero-order valence-corrected chi connectivity index (χ0v) is 18.7. The maximum atomic E-state index is 15.5. The van der Waals surface area contributed by atoms with E-state index in [1.807, 2.05) is 11.5 Å². The van der Waals surface area contributed by atoms with Gasteiger partial charge in [0.15, 0.2) is 11.2 Å². The van der Waals surface area contributed by atoms with Crippen molar-refractivity contribution in [2.75, 3.05) is 29.6 Å². The number of rotatable bonds is 5. The summed E-state index contributed by atoms with van der Waals surface area (Å²) >= 11 is 0. The number of pyridine rings is 1. The number of nitrogens with two attached hydrogens (primary N) is 1. The van der Waals surface area contributed by atoms with Crippen LogP contribution in [0.1, 0.15) is 50.7 Å². The predicted octanol–water partition coefficient (Wildman–Crippen LogP) is 4.32. The van der Waals surface area contributed by atoms with Gasteiger partial charge in [-0.25, -0.2) is 4.39 Å². The molecule has 1 aliphatic rings. The fourth-order valence-electron chi connectivity index (χ4n) is 3.67. The number of aromatic nitrogens is 1. The average Bonchev–Trinajstić information content (AvgIpc) is 3.20. The second-order valence-electron chi connectivity index (χ2n) is 7.35. The van der Waals surface area contributed by atoms with Crippen LogP contribution >= 0.6 is 9.24 Å². The third kappa shape index (κ3) is 4.33. The fraction of sp³-hybridized carbons (Fsp3) is 0.571. The molecule has 7 heteroatoms. The molecule has 1 aromatic heterocycles. The average molecular weight is 409 g/mol. The lowest BCUT2D eigenvalue weighted by molar-refractivity contribution is 0.619. The molecule has 3 N–H and O–H groups in total. The quantitative estimate of drug-likeness (QED) is 0.439. The molecule has 5 nitrogen and oxygen atoms in total. The van der Waals surface area contributed by atoms with Crippen LogP contribution in [-0.2, 0) is 6.54 Å². The van der Waals surface area contributed by atoms with Crippen LogP contribution in [0, 0.1) is 19.7 Å². The van der Waals surface area contributed by atoms with Gasteiger partial charge in [0.05, 0.1) is 22.3 Å². The molecule has 1 aliphatic heterocycles. The van der Waals surface area contributed by atoms with Crippen LogP contribution in [0.25, 0.3) is 10.9 Å². The Balaban J connectivity index is 0.000000640. The number of anilines is 2. The number of hydrogen-bond acceptors (Lipinski definition) is 4. The van der Waals surface area contributed by atoms with E-state index in [1.54, 1.807) is 13.1 Å². The number of halogens is 1. The third-order valence-corrected chi connectivity index (χ3v) is 5.55. The van der Waals surface area contributed by atoms with Gasteiger partial charge in [-0.2, -0.15) is 0 Å². The summed E-state index contributed by atoms with van der Waals surface area (Å²) < 4.78 is 17.3. The molecule has 0 spiro atoms. The van der Waals surface area contributed by atoms with Crippen molar-refractivity contribution in [3.8, 4) is 0 Å². The minimum atomic E-state index is -0.320. The number of aryl methyl sites for hydroxylation is 2. The number of hydrogen-bond donors (Lipinski definition) is 2. The van der Waals surface area contributed by atoms with Crippen molar-refractivity contribution in [3.63, 3.8) is 0 Å². The summed E-state index contributed by atoms with van der Waals surface area (Å²) in [5.41, 5.74) is 5.20. The molecule has 1 unspecified atom stereocenters. The van der Waals surface area contributed by atoms with Gasteiger partial charge in [0.25, 0.3) is 0 Å². The minimum Gasteiger partial charge on any atom is -0.369 e. The summed E-state index contributed by atoms with van der Waals surface area (Å²) in [6, 6.07) is 0. The lowest BCUT2D eigenvalue weighted by atomic mass is 10.0. The number of benzene rings is 1. The van der Waals surface area contributed by atoms with Gasteiger partial charge in [-0.05, 0) is 32.9 Å². The first-order valence-electron chi connectivity index (χ1n) is 10.2. The summed E-state index contributed by atoms with van der Waals surface area (Å²) in [7, 11) is 2.64. The van der Waals surface area contributed by atoms with Crippen LogP contribution in [0.15, 0.2) is 11.0 Å². The van der Waals surface area contributed by atoms with Crippen molar-refractivity contribution in [2.24, 2.45) is 5.84 Å². The van der Waals surface area contributed by atoms with Gasteiger partial charge in [-0.1, -0.05) is 26.7 Å². The van der Waals surface area contributed by atoms with Gasteiger partial charge in [-0.15, -0.1) is 9.24 Å². The monoisotopic (exact) mass is 408 g/mol. The SMILES string of the molecule is CCCC.Cc1c(N2CCCC2)c(F)c2c(c1NN)c(=O)c(C)cn2CCP. The molecule has 3 rings (SSSR count). The summed E-state index contributed by atoms with van der Waals surface area (Å²) in [5, 5.41) is 0.342. The molecule has 28 heavy (non-hydrogen) atoms. The number of hydrazine groups is 1. The molecular weight excluding hydrogens is 374 g/mol. The molecule has 0 aliphatic carbocycles. The predicted molar refractivity (Wildman–Crippen MR) is 122 cm³/mol. The van der Waals surface area contributed by atoms with Crippen LogP contribution in [0.4, 0.5) is 15.8 Å². The van der Waals surface area contributed by atoms with Gasteiger partial charge in [0.2, 0.25) is 0 Å². The van der Waals surface area contributed by atoms with Gasteiger partial charge in [0.1, 0.15) is 0 Å². The van der Waals surface area contributed by atoms with E-state index in [0.717, 1.165) is 32.1 Å². The smallest absolute Gasteiger partial charge is 0.194 e. The molecule has 156 valence electrons. The molecule has 0 radical (unpaired) electrons. The third-order valence-electron chi connectivity index (χ3n) is 5.29. The van der Waals surface area contributed by atoms with Crippen LogP contribution in [-0.4, -0.2) is 23.8 Å². The Kier molecular flexibility index (Phi) is 8.26. The van der Waals surface area contributed by atoms with Crippen molar-refractivity contribution >= 4 is 31.5 Å². The van der Waals surface area contributed by atoms with Gasteiger partial charge < -0.3 is 14.9 Å². The van der Waals surface area contributed by atoms with Crippen molar-refractivity contribution in [1.29, 1.82) is 0 Å². The standard InChI is InChI=1S/C17H24FN4OP.C4H10/c1-10-9-22(7-8-24)16-12(17(10)23)14(20-19)11(2)15(13(16)18)21-5-3-4-6-21;1-3-4-2/h9,20H,3-8,19,24H2,1-2H3;3-4H2,1-2H3. The van der Waals surface area contributed by atoms with Crippen molar-refractivity contribution < 1.29 is 4.39 Å². The largest absolute Gasteiger partial charge is 0.369 e. The van der Waals surface area contributed by atoms with E-state index < -0.39 is 0 Å². The maximum Gasteiger partial charge on any atom is 0.194 e. The Morgan fingerprint density at radius 1 is 1.21 bits per heavy atom. The van der Waals surface area contributed by atoms with E-state index in [0.29, 0.717) is 39.9 Å². The first kappa shape index (κ1) is 22.6. The fourth-order valence-corrected chi connectivity index (χ4v) is 3.95. The van der Waals surface area contributed by atoms with Crippen molar-refractivity contribution in [1.82, 2.24) is 4.57 Å². The Hall–Kier alpha value is -1.65. The number of nitrogens with one attached hydrogen (secondary N) is 1. The number of nitrogens with zero attached hydrogens (tertiary/aromatic N) is 2. The Morgan fingerprint density at radius 2 is 1.82 bits per heavy atom. The van der Waals surface area contributed by atoms with E-state index in [-0.39, 0.29) is 11.2 Å². The first-order valence-corrected chi connectivity index (χ1v) is 11.0. The maximum absolute atomic E-state index is 15.5. The molecule has 0 saturated carbocycles. The van der Waals surface area contributed by atoms with Crippen LogP contribution in [0.5, 0.6) is 0 Å². The highest BCUT2D eigenvalue weighted by Crippen LogP contribution is 2.38. The van der Waals surface area contributed by atoms with Crippen molar-refractivity contribution in [2.45, 2.75) is 59.9 Å². The number of nitrogen functional groups attached to an aromatic ring is 1. The molecular formula is C21H34FN4OP. The van der Waals surface area contributed by atoms with Crippen LogP contribution in [0.3, 0.4) is 0 Å². The zero-order chi connectivity index (χ0) is 20.8. The van der Waals surface area contributed by atoms with E-state index in [2.05, 4.69) is 33.4 Å². The Morgan fingerprint density at radius 3 is 2.32 bits per heavy atom. The second-order valence-corrected chi connectivity index (χ2v) is 7.93. The zero-order valence-electron chi connectivity index (χ0n) is 17.6. The van der Waals surface area contributed by atoms with Gasteiger partial charge in [-0.3, -0.25) is 10.6 Å². The lowest BCUT2D eigenvalue weighted by Gasteiger charge is -2.25. The molecule has 1 aromatic carbocycles. The summed E-state index contributed by atoms with van der Waals surface area (Å²) in [4.78, 5) is 14.8. The first-order chi connectivity index (χ1) is 13.4. The summed E-state index contributed by atoms with van der Waals surface area (Å²) in [6.45, 7) is 10.2. The molecule has 1 atom stereocenters. The van der Waals surface area contributed by atoms with Gasteiger partial charge >= 0.3 is 0 Å². The van der Waals surface area contributed by atoms with Crippen molar-refractivity contribution in [3.05, 3.63) is 33.4 Å². The van der Waals surface area contributed by atoms with Crippen LogP contribution < -0.4 is 21.6 Å². The van der Waals surface area contributed by atoms with Crippen LogP contribution in [0.2, 0.25) is 0 Å². The lowest BCUT2D eigenvalue weighted by Crippen LogP contribution is -2.25. The highest BCUT2D eigenvalue weighted by atomic mass is 31.0. The summed E-state index contributed by atoms with van der Waals surface area (Å²) in [5.74, 6) is 5.41. The molecule has 0 amide bonds. The van der Waals surface area contributed by atoms with E-state index >= 15 is 4.39 Å². The number of fused-ring (bicyclic) bond motifs is 1. The topological polar surface area (TPSA) is 63.3 Å². The minimum absolute atomic E-state index is 0.173. The molecule has 1 saturated heterocycles. The Labute approximate surface area is 169 Å². The highest BCUT2D eigenvalue weighted by Gasteiger charge is 2.26. The van der Waals surface area contributed by atoms with E-state index in [9.17, 15) is 4.79 Å². The van der Waals surface area contributed by atoms with E-state index in [4.69, 9.17) is 5.84 Å². The molecule has 1 fully saturated rings. The molecule has 2 heterocycles. The van der Waals surface area contributed by atoms with Gasteiger partial charge in [0, 0.05) is 37.0 Å². The number of unbranched alkanes of at least 4 members (excludes halogenated alkanes) is 1. The Bertz CT molecular complexity index is 873. The normalized spacial score (nSPS) is 13.6.